The fraction of sp³-hybridized carbons (Fsp3) is 0.0833. The highest BCUT2D eigenvalue weighted by molar-refractivity contribution is 6.42. The van der Waals surface area contributed by atoms with E-state index in [4.69, 9.17) is 87.9 Å². The van der Waals surface area contributed by atoms with Gasteiger partial charge in [0.2, 0.25) is 0 Å². The van der Waals surface area contributed by atoms with E-state index in [1.165, 1.54) is 0 Å². The molecule has 0 atom stereocenters. The number of halogens is 5. The molecule has 0 N–H and O–H groups in total. The van der Waals surface area contributed by atoms with E-state index in [1.54, 1.807) is 43.3 Å². The molecule has 0 spiro atoms. The van der Waals surface area contributed by atoms with Gasteiger partial charge in [0.15, 0.2) is 0 Å². The van der Waals surface area contributed by atoms with Crippen molar-refractivity contribution in [1.29, 1.82) is 0 Å². The van der Waals surface area contributed by atoms with Crippen molar-refractivity contribution in [3.05, 3.63) is 78.0 Å². The average molecular weight is 561 g/mol. The minimum atomic E-state index is 0.280. The van der Waals surface area contributed by atoms with Crippen LogP contribution in [0.1, 0.15) is 6.92 Å². The van der Waals surface area contributed by atoms with Crippen LogP contribution in [0.2, 0.25) is 15.1 Å². The molecule has 11 heteroatoms. The summed E-state index contributed by atoms with van der Waals surface area (Å²) in [6, 6.07) is 8.67. The molecule has 3 heterocycles. The highest BCUT2D eigenvalue weighted by Crippen LogP contribution is 2.29. The van der Waals surface area contributed by atoms with E-state index in [1.807, 2.05) is 0 Å². The molecule has 0 saturated heterocycles. The summed E-state index contributed by atoms with van der Waals surface area (Å²) < 4.78 is 0. The number of aromatic nitrogens is 4. The van der Waals surface area contributed by atoms with Gasteiger partial charge in [-0.3, -0.25) is 4.99 Å². The van der Waals surface area contributed by atoms with Crippen LogP contribution in [0.4, 0.5) is 0 Å². The Hall–Kier alpha value is -2.61. The molecular formula is C24H11Cl5N6. The number of rotatable bonds is 1. The number of allylic oxidation sites excluding steroid dienone is 3. The van der Waals surface area contributed by atoms with Gasteiger partial charge in [0.25, 0.3) is 0 Å². The SMILES string of the molecule is C/C(Cl)=C(Cl)\C=C1/CN=c2c(c3nc4cc(Cl)ccc4nc3c3nc4cc(Cl)c(Cl)cc4nc23)=N1. The Kier molecular flexibility index (Phi) is 5.55. The fourth-order valence-corrected chi connectivity index (χ4v) is 4.54. The predicted octanol–water partition coefficient (Wildman–Crippen LogP) is 6.69. The third kappa shape index (κ3) is 3.90. The van der Waals surface area contributed by atoms with Crippen LogP contribution in [0, 0.1) is 0 Å². The second-order valence-electron chi connectivity index (χ2n) is 7.87. The molecule has 1 aliphatic heterocycles. The third-order valence-electron chi connectivity index (χ3n) is 5.51. The molecule has 172 valence electrons. The highest BCUT2D eigenvalue weighted by Gasteiger charge is 2.18. The molecule has 35 heavy (non-hydrogen) atoms. The van der Waals surface area contributed by atoms with Gasteiger partial charge in [-0.15, -0.1) is 0 Å². The first-order valence-electron chi connectivity index (χ1n) is 10.3. The maximum atomic E-state index is 6.26. The minimum absolute atomic E-state index is 0.280. The fourth-order valence-electron chi connectivity index (χ4n) is 3.88. The zero-order chi connectivity index (χ0) is 24.4. The van der Waals surface area contributed by atoms with Gasteiger partial charge in [0.1, 0.15) is 32.8 Å². The molecule has 0 bridgehead atoms. The van der Waals surface area contributed by atoms with Crippen LogP contribution in [0.25, 0.3) is 44.1 Å². The minimum Gasteiger partial charge on any atom is -0.274 e. The molecule has 2 aromatic heterocycles. The second-order valence-corrected chi connectivity index (χ2v) is 10.1. The zero-order valence-electron chi connectivity index (χ0n) is 17.7. The summed E-state index contributed by atoms with van der Waals surface area (Å²) in [5.74, 6) is 0. The molecule has 6 nitrogen and oxygen atoms in total. The monoisotopic (exact) mass is 558 g/mol. The highest BCUT2D eigenvalue weighted by atomic mass is 35.5. The van der Waals surface area contributed by atoms with Gasteiger partial charge in [-0.1, -0.05) is 58.0 Å². The van der Waals surface area contributed by atoms with E-state index in [9.17, 15) is 0 Å². The van der Waals surface area contributed by atoms with Crippen molar-refractivity contribution in [3.63, 3.8) is 0 Å². The van der Waals surface area contributed by atoms with Gasteiger partial charge in [-0.25, -0.2) is 24.9 Å². The smallest absolute Gasteiger partial charge is 0.120 e. The molecular weight excluding hydrogens is 550 g/mol. The van der Waals surface area contributed by atoms with Gasteiger partial charge in [-0.05, 0) is 43.3 Å². The van der Waals surface area contributed by atoms with Crippen molar-refractivity contribution in [2.75, 3.05) is 6.54 Å². The summed E-state index contributed by atoms with van der Waals surface area (Å²) >= 11 is 31.0. The lowest BCUT2D eigenvalue weighted by Crippen LogP contribution is -2.32. The molecule has 3 aromatic carbocycles. The quantitative estimate of drug-likeness (QED) is 0.169. The lowest BCUT2D eigenvalue weighted by atomic mass is 10.1. The van der Waals surface area contributed by atoms with Gasteiger partial charge >= 0.3 is 0 Å². The van der Waals surface area contributed by atoms with Crippen molar-refractivity contribution in [3.8, 4) is 0 Å². The summed E-state index contributed by atoms with van der Waals surface area (Å²) in [6.07, 6.45) is 1.69. The maximum Gasteiger partial charge on any atom is 0.120 e. The van der Waals surface area contributed by atoms with Crippen LogP contribution >= 0.6 is 58.0 Å². The summed E-state index contributed by atoms with van der Waals surface area (Å²) in [5.41, 5.74) is 5.19. The normalized spacial score (nSPS) is 15.4. The van der Waals surface area contributed by atoms with E-state index in [2.05, 4.69) is 0 Å². The molecule has 0 saturated carbocycles. The summed E-state index contributed by atoms with van der Waals surface area (Å²) in [5, 5.41) is 3.24. The molecule has 0 radical (unpaired) electrons. The summed E-state index contributed by atoms with van der Waals surface area (Å²) in [7, 11) is 0. The molecule has 5 aromatic rings. The van der Waals surface area contributed by atoms with Crippen molar-refractivity contribution < 1.29 is 0 Å². The Bertz CT molecular complexity index is 1940. The number of hydrogen-bond donors (Lipinski definition) is 0. The Labute approximate surface area is 222 Å². The largest absolute Gasteiger partial charge is 0.274 e. The number of benzene rings is 3. The van der Waals surface area contributed by atoms with Crippen molar-refractivity contribution in [2.45, 2.75) is 6.92 Å². The van der Waals surface area contributed by atoms with Gasteiger partial charge < -0.3 is 0 Å². The van der Waals surface area contributed by atoms with Gasteiger partial charge in [0.05, 0.1) is 49.4 Å². The Morgan fingerprint density at radius 1 is 0.743 bits per heavy atom. The summed E-state index contributed by atoms with van der Waals surface area (Å²) in [4.78, 5) is 29.0. The number of nitrogens with zero attached hydrogens (tertiary/aromatic N) is 6. The zero-order valence-corrected chi connectivity index (χ0v) is 21.5. The first kappa shape index (κ1) is 22.8. The van der Waals surface area contributed by atoms with Crippen LogP contribution in [-0.2, 0) is 0 Å². The van der Waals surface area contributed by atoms with Gasteiger partial charge in [0, 0.05) is 10.1 Å². The molecule has 0 aliphatic carbocycles. The molecule has 0 fully saturated rings. The van der Waals surface area contributed by atoms with E-state index >= 15 is 0 Å². The number of hydrogen-bond acceptors (Lipinski definition) is 6. The first-order valence-corrected chi connectivity index (χ1v) is 12.2. The maximum absolute atomic E-state index is 6.26. The van der Waals surface area contributed by atoms with E-state index < -0.39 is 0 Å². The Balaban J connectivity index is 1.83. The molecule has 0 amide bonds. The van der Waals surface area contributed by atoms with Crippen molar-refractivity contribution >= 4 is 102 Å². The topological polar surface area (TPSA) is 76.3 Å². The first-order chi connectivity index (χ1) is 16.8. The van der Waals surface area contributed by atoms with E-state index in [-0.39, 0.29) is 6.54 Å². The van der Waals surface area contributed by atoms with E-state index in [0.29, 0.717) is 85.7 Å². The molecule has 0 unspecified atom stereocenters. The Morgan fingerprint density at radius 3 is 1.97 bits per heavy atom. The van der Waals surface area contributed by atoms with Crippen molar-refractivity contribution in [1.82, 2.24) is 19.9 Å². The lowest BCUT2D eigenvalue weighted by Gasteiger charge is -2.11. The van der Waals surface area contributed by atoms with Crippen LogP contribution in [0.15, 0.2) is 62.2 Å². The van der Waals surface area contributed by atoms with E-state index in [0.717, 1.165) is 0 Å². The molecule has 6 rings (SSSR count). The summed E-state index contributed by atoms with van der Waals surface area (Å²) in [6.45, 7) is 1.99. The molecule has 1 aliphatic rings. The third-order valence-corrected chi connectivity index (χ3v) is 7.16. The van der Waals surface area contributed by atoms with Gasteiger partial charge in [-0.2, -0.15) is 0 Å². The standard InChI is InChI=1S/C24H11Cl5N6/c1-9(25)12(27)5-11-8-30-19-20(31-11)22-24(32-15-3-2-10(26)4-16(15)33-22)23-21(19)34-17-6-13(28)14(29)7-18(17)35-23/h2-7H,8H2,1H3/b11-5+,12-9-. The van der Waals surface area contributed by atoms with Crippen molar-refractivity contribution in [2.24, 2.45) is 9.98 Å². The van der Waals surface area contributed by atoms with Crippen LogP contribution in [-0.4, -0.2) is 26.5 Å². The number of fused-ring (bicyclic) bond motifs is 8. The lowest BCUT2D eigenvalue weighted by molar-refractivity contribution is 0.970. The average Bonchev–Trinajstić information content (AvgIpc) is 2.83. The van der Waals surface area contributed by atoms with Crippen LogP contribution < -0.4 is 10.7 Å². The van der Waals surface area contributed by atoms with Crippen LogP contribution in [0.5, 0.6) is 0 Å². The predicted molar refractivity (Wildman–Crippen MR) is 142 cm³/mol. The second kappa shape index (κ2) is 8.50. The van der Waals surface area contributed by atoms with Crippen LogP contribution in [0.3, 0.4) is 0 Å². The Morgan fingerprint density at radius 2 is 1.31 bits per heavy atom.